The molecule has 0 heterocycles. The first-order chi connectivity index (χ1) is 9.85. The van der Waals surface area contributed by atoms with Gasteiger partial charge in [0.2, 0.25) is 10.0 Å². The molecule has 21 heavy (non-hydrogen) atoms. The normalized spacial score (nSPS) is 11.6. The molecule has 0 aliphatic rings. The van der Waals surface area contributed by atoms with Crippen LogP contribution in [0.1, 0.15) is 30.9 Å². The zero-order chi connectivity index (χ0) is 15.5. The van der Waals surface area contributed by atoms with E-state index in [2.05, 4.69) is 18.6 Å². The lowest BCUT2D eigenvalue weighted by atomic mass is 10.0. The Balaban J connectivity index is 2.08. The lowest BCUT2D eigenvalue weighted by Gasteiger charge is -2.10. The second-order valence-electron chi connectivity index (χ2n) is 5.38. The molecule has 0 atom stereocenters. The van der Waals surface area contributed by atoms with Gasteiger partial charge in [0, 0.05) is 11.4 Å². The van der Waals surface area contributed by atoms with Crippen molar-refractivity contribution in [1.82, 2.24) is 0 Å². The van der Waals surface area contributed by atoms with Gasteiger partial charge in [-0.15, -0.1) is 0 Å². The van der Waals surface area contributed by atoms with Crippen LogP contribution in [-0.2, 0) is 15.8 Å². The molecule has 5 heteroatoms. The monoisotopic (exact) mass is 304 g/mol. The van der Waals surface area contributed by atoms with E-state index in [1.54, 1.807) is 36.4 Å². The van der Waals surface area contributed by atoms with Crippen molar-refractivity contribution in [1.29, 1.82) is 0 Å². The molecule has 2 aromatic carbocycles. The Morgan fingerprint density at radius 2 is 1.57 bits per heavy atom. The second kappa shape index (κ2) is 6.18. The molecule has 0 radical (unpaired) electrons. The highest BCUT2D eigenvalue weighted by atomic mass is 32.2. The number of hydrogen-bond acceptors (Lipinski definition) is 3. The fraction of sp³-hybridized carbons (Fsp3) is 0.250. The summed E-state index contributed by atoms with van der Waals surface area (Å²) in [7, 11) is -3.42. The predicted octanol–water partition coefficient (Wildman–Crippen LogP) is 3.33. The maximum atomic E-state index is 12.1. The van der Waals surface area contributed by atoms with Crippen molar-refractivity contribution in [3.05, 3.63) is 59.7 Å². The molecule has 112 valence electrons. The minimum absolute atomic E-state index is 0.0702. The number of hydrogen-bond donors (Lipinski definition) is 2. The molecule has 2 aromatic rings. The molecule has 0 saturated carbocycles. The highest BCUT2D eigenvalue weighted by Crippen LogP contribution is 2.19. The largest absolute Gasteiger partial charge is 0.399 e. The maximum Gasteiger partial charge on any atom is 0.236 e. The summed E-state index contributed by atoms with van der Waals surface area (Å²) in [5, 5.41) is 0. The summed E-state index contributed by atoms with van der Waals surface area (Å²) in [6.45, 7) is 4.20. The Morgan fingerprint density at radius 3 is 2.10 bits per heavy atom. The van der Waals surface area contributed by atoms with Crippen LogP contribution in [0.2, 0.25) is 0 Å². The van der Waals surface area contributed by atoms with Gasteiger partial charge in [0.1, 0.15) is 0 Å². The van der Waals surface area contributed by atoms with Crippen LogP contribution >= 0.6 is 0 Å². The van der Waals surface area contributed by atoms with Crippen molar-refractivity contribution in [2.24, 2.45) is 0 Å². The third kappa shape index (κ3) is 4.49. The van der Waals surface area contributed by atoms with E-state index in [4.69, 9.17) is 5.73 Å². The number of nitrogen functional groups attached to an aromatic ring is 1. The molecule has 0 spiro atoms. The average Bonchev–Trinajstić information content (AvgIpc) is 2.41. The van der Waals surface area contributed by atoms with Crippen LogP contribution in [0.3, 0.4) is 0 Å². The molecular weight excluding hydrogens is 284 g/mol. The van der Waals surface area contributed by atoms with E-state index in [0.29, 0.717) is 22.9 Å². The third-order valence-electron chi connectivity index (χ3n) is 3.19. The van der Waals surface area contributed by atoms with Gasteiger partial charge in [-0.3, -0.25) is 4.72 Å². The minimum atomic E-state index is -3.42. The lowest BCUT2D eigenvalue weighted by Crippen LogP contribution is -2.15. The van der Waals surface area contributed by atoms with Crippen LogP contribution in [0.5, 0.6) is 0 Å². The first-order valence-electron chi connectivity index (χ1n) is 6.80. The maximum absolute atomic E-state index is 12.1. The highest BCUT2D eigenvalue weighted by molar-refractivity contribution is 7.91. The Bertz CT molecular complexity index is 690. The summed E-state index contributed by atoms with van der Waals surface area (Å²) in [5.74, 6) is 0.351. The van der Waals surface area contributed by atoms with E-state index in [0.717, 1.165) is 0 Å². The van der Waals surface area contributed by atoms with Gasteiger partial charge >= 0.3 is 0 Å². The van der Waals surface area contributed by atoms with Crippen LogP contribution in [0.4, 0.5) is 11.4 Å². The summed E-state index contributed by atoms with van der Waals surface area (Å²) < 4.78 is 26.8. The highest BCUT2D eigenvalue weighted by Gasteiger charge is 2.12. The van der Waals surface area contributed by atoms with Crippen LogP contribution in [-0.4, -0.2) is 8.42 Å². The zero-order valence-electron chi connectivity index (χ0n) is 12.2. The molecule has 0 saturated heterocycles. The Kier molecular flexibility index (Phi) is 4.53. The second-order valence-corrected chi connectivity index (χ2v) is 7.10. The molecule has 0 aromatic heterocycles. The predicted molar refractivity (Wildman–Crippen MR) is 87.6 cm³/mol. The van der Waals surface area contributed by atoms with Crippen molar-refractivity contribution < 1.29 is 8.42 Å². The van der Waals surface area contributed by atoms with Gasteiger partial charge in [-0.05, 0) is 41.3 Å². The first kappa shape index (κ1) is 15.4. The Labute approximate surface area is 126 Å². The molecule has 3 N–H and O–H groups in total. The lowest BCUT2D eigenvalue weighted by molar-refractivity contribution is 0.600. The molecule has 0 bridgehead atoms. The summed E-state index contributed by atoms with van der Waals surface area (Å²) >= 11 is 0. The number of sulfonamides is 1. The summed E-state index contributed by atoms with van der Waals surface area (Å²) in [6.07, 6.45) is 0. The number of nitrogens with one attached hydrogen (secondary N) is 1. The molecule has 0 aliphatic heterocycles. The standard InChI is InChI=1S/C16H20N2O2S/c1-12(2)14-5-9-16(10-6-14)18-21(19,20)11-13-3-7-15(17)8-4-13/h3-10,12,18H,11,17H2,1-2H3. The van der Waals surface area contributed by atoms with E-state index in [1.165, 1.54) is 5.56 Å². The van der Waals surface area contributed by atoms with Gasteiger partial charge in [-0.2, -0.15) is 0 Å². The van der Waals surface area contributed by atoms with E-state index in [9.17, 15) is 8.42 Å². The van der Waals surface area contributed by atoms with Gasteiger partial charge in [0.25, 0.3) is 0 Å². The summed E-state index contributed by atoms with van der Waals surface area (Å²) in [4.78, 5) is 0. The number of anilines is 2. The number of rotatable bonds is 5. The smallest absolute Gasteiger partial charge is 0.236 e. The Morgan fingerprint density at radius 1 is 1.00 bits per heavy atom. The zero-order valence-corrected chi connectivity index (χ0v) is 13.0. The van der Waals surface area contributed by atoms with Gasteiger partial charge in [0.05, 0.1) is 5.75 Å². The number of benzene rings is 2. The van der Waals surface area contributed by atoms with E-state index >= 15 is 0 Å². The quantitative estimate of drug-likeness (QED) is 0.832. The van der Waals surface area contributed by atoms with Crippen molar-refractivity contribution in [3.63, 3.8) is 0 Å². The minimum Gasteiger partial charge on any atom is -0.399 e. The summed E-state index contributed by atoms with van der Waals surface area (Å²) in [6, 6.07) is 14.3. The van der Waals surface area contributed by atoms with Gasteiger partial charge in [-0.25, -0.2) is 8.42 Å². The molecule has 0 aliphatic carbocycles. The van der Waals surface area contributed by atoms with E-state index < -0.39 is 10.0 Å². The topological polar surface area (TPSA) is 72.2 Å². The fourth-order valence-electron chi connectivity index (χ4n) is 1.98. The molecule has 2 rings (SSSR count). The van der Waals surface area contributed by atoms with Crippen molar-refractivity contribution in [2.75, 3.05) is 10.5 Å². The van der Waals surface area contributed by atoms with Gasteiger partial charge < -0.3 is 5.73 Å². The van der Waals surface area contributed by atoms with Gasteiger partial charge in [-0.1, -0.05) is 38.1 Å². The molecule has 0 fully saturated rings. The first-order valence-corrected chi connectivity index (χ1v) is 8.46. The van der Waals surface area contributed by atoms with Crippen LogP contribution in [0, 0.1) is 0 Å². The molecular formula is C16H20N2O2S. The van der Waals surface area contributed by atoms with Crippen molar-refractivity contribution >= 4 is 21.4 Å². The Hall–Kier alpha value is -2.01. The van der Waals surface area contributed by atoms with E-state index in [-0.39, 0.29) is 5.75 Å². The summed E-state index contributed by atoms with van der Waals surface area (Å²) in [5.41, 5.74) is 8.67. The fourth-order valence-corrected chi connectivity index (χ4v) is 3.18. The average molecular weight is 304 g/mol. The van der Waals surface area contributed by atoms with E-state index in [1.807, 2.05) is 12.1 Å². The molecule has 4 nitrogen and oxygen atoms in total. The van der Waals surface area contributed by atoms with Crippen LogP contribution < -0.4 is 10.5 Å². The third-order valence-corrected chi connectivity index (χ3v) is 4.45. The van der Waals surface area contributed by atoms with Crippen molar-refractivity contribution in [3.8, 4) is 0 Å². The SMILES string of the molecule is CC(C)c1ccc(NS(=O)(=O)Cc2ccc(N)cc2)cc1. The number of nitrogens with two attached hydrogens (primary N) is 1. The van der Waals surface area contributed by atoms with Crippen LogP contribution in [0.25, 0.3) is 0 Å². The molecule has 0 unspecified atom stereocenters. The van der Waals surface area contributed by atoms with Gasteiger partial charge in [0.15, 0.2) is 0 Å². The van der Waals surface area contributed by atoms with Crippen molar-refractivity contribution in [2.45, 2.75) is 25.5 Å². The van der Waals surface area contributed by atoms with Crippen LogP contribution in [0.15, 0.2) is 48.5 Å². The molecule has 0 amide bonds.